The zero-order valence-corrected chi connectivity index (χ0v) is 8.02. The van der Waals surface area contributed by atoms with Crippen molar-refractivity contribution in [2.75, 3.05) is 6.16 Å². The van der Waals surface area contributed by atoms with Crippen LogP contribution in [0.25, 0.3) is 0 Å². The lowest BCUT2D eigenvalue weighted by atomic mass is 10.1. The number of aryl methyl sites for hydroxylation is 1. The van der Waals surface area contributed by atoms with Crippen molar-refractivity contribution >= 4 is 8.46 Å². The molecule has 0 saturated carbocycles. The Morgan fingerprint density at radius 2 is 2.25 bits per heavy atom. The maximum absolute atomic E-state index is 10.2. The second-order valence-electron chi connectivity index (χ2n) is 2.73. The summed E-state index contributed by atoms with van der Waals surface area (Å²) in [5, 5.41) is 9.11. The van der Waals surface area contributed by atoms with E-state index in [4.69, 9.17) is 5.11 Å². The molecule has 0 aromatic heterocycles. The Kier molecular flexibility index (Phi) is 3.89. The van der Waals surface area contributed by atoms with Gasteiger partial charge in [-0.15, -0.1) is 0 Å². The van der Waals surface area contributed by atoms with E-state index in [1.54, 1.807) is 12.1 Å². The second-order valence-corrected chi connectivity index (χ2v) is 3.64. The highest BCUT2D eigenvalue weighted by atomic mass is 31.1. The van der Waals surface area contributed by atoms with Crippen molar-refractivity contribution in [2.24, 2.45) is 0 Å². The Hall–Kier alpha value is -0.750. The first-order chi connectivity index (χ1) is 5.83. The molecule has 3 heteroatoms. The minimum atomic E-state index is -0.615. The zero-order chi connectivity index (χ0) is 8.81. The molecule has 66 valence electrons. The lowest BCUT2D eigenvalue weighted by Gasteiger charge is -1.98. The molecule has 0 fully saturated rings. The van der Waals surface area contributed by atoms with Crippen molar-refractivity contribution in [3.05, 3.63) is 29.8 Å². The third kappa shape index (κ3) is 3.10. The van der Waals surface area contributed by atoms with Crippen LogP contribution in [-0.2, 0) is 11.0 Å². The fraction of sp³-hybridized carbons (Fsp3) is 0.333. The summed E-state index contributed by atoms with van der Waals surface area (Å²) in [6, 6.07) is 7.21. The molecule has 1 N–H and O–H groups in total. The molecule has 1 atom stereocenters. The maximum atomic E-state index is 10.2. The van der Waals surface area contributed by atoms with Gasteiger partial charge in [0.15, 0.2) is 0 Å². The van der Waals surface area contributed by atoms with Gasteiger partial charge in [0.1, 0.15) is 5.75 Å². The van der Waals surface area contributed by atoms with Gasteiger partial charge in [-0.2, -0.15) is 0 Å². The quantitative estimate of drug-likeness (QED) is 0.574. The topological polar surface area (TPSA) is 37.3 Å². The fourth-order valence-corrected chi connectivity index (χ4v) is 1.47. The third-order valence-corrected chi connectivity index (χ3v) is 2.34. The Labute approximate surface area is 73.4 Å². The summed E-state index contributed by atoms with van der Waals surface area (Å²) >= 11 is 0. The molecule has 1 aromatic carbocycles. The first-order valence-electron chi connectivity index (χ1n) is 4.04. The lowest BCUT2D eigenvalue weighted by Crippen LogP contribution is -1.84. The molecular weight excluding hydrogens is 171 g/mol. The average Bonchev–Trinajstić information content (AvgIpc) is 2.05. The Bertz CT molecular complexity index is 260. The molecule has 0 radical (unpaired) electrons. The van der Waals surface area contributed by atoms with Crippen LogP contribution in [0.15, 0.2) is 24.3 Å². The Balaban J connectivity index is 2.46. The van der Waals surface area contributed by atoms with Crippen molar-refractivity contribution in [2.45, 2.75) is 12.8 Å². The van der Waals surface area contributed by atoms with Gasteiger partial charge in [0.2, 0.25) is 0 Å². The van der Waals surface area contributed by atoms with Crippen LogP contribution in [0.4, 0.5) is 0 Å². The summed E-state index contributed by atoms with van der Waals surface area (Å²) in [4.78, 5) is 0. The number of hydrogen-bond donors (Lipinski definition) is 1. The largest absolute Gasteiger partial charge is 0.508 e. The van der Waals surface area contributed by atoms with Crippen LogP contribution in [0.5, 0.6) is 5.75 Å². The van der Waals surface area contributed by atoms with Crippen LogP contribution in [0.2, 0.25) is 0 Å². The van der Waals surface area contributed by atoms with Crippen molar-refractivity contribution in [3.63, 3.8) is 0 Å². The van der Waals surface area contributed by atoms with Gasteiger partial charge in [0.05, 0.1) is 8.46 Å². The number of benzene rings is 1. The van der Waals surface area contributed by atoms with E-state index in [9.17, 15) is 4.57 Å². The van der Waals surface area contributed by atoms with Crippen molar-refractivity contribution < 1.29 is 9.67 Å². The van der Waals surface area contributed by atoms with E-state index in [2.05, 4.69) is 0 Å². The summed E-state index contributed by atoms with van der Waals surface area (Å²) in [5.74, 6) is 0.307. The smallest absolute Gasteiger partial charge is 0.115 e. The number of phenolic OH excluding ortho intramolecular Hbond substituents is 1. The highest BCUT2D eigenvalue weighted by molar-refractivity contribution is 7.23. The summed E-state index contributed by atoms with van der Waals surface area (Å²) < 4.78 is 10.2. The maximum Gasteiger partial charge on any atom is 0.115 e. The average molecular weight is 184 g/mol. The van der Waals surface area contributed by atoms with E-state index < -0.39 is 8.46 Å². The van der Waals surface area contributed by atoms with Crippen molar-refractivity contribution in [1.82, 2.24) is 0 Å². The molecule has 0 aliphatic heterocycles. The second kappa shape index (κ2) is 5.00. The van der Waals surface area contributed by atoms with Crippen LogP contribution in [0.3, 0.4) is 0 Å². The molecule has 0 aliphatic carbocycles. The molecule has 1 unspecified atom stereocenters. The van der Waals surface area contributed by atoms with E-state index in [1.807, 2.05) is 12.1 Å². The molecule has 2 nitrogen and oxygen atoms in total. The molecule has 0 bridgehead atoms. The van der Waals surface area contributed by atoms with Gasteiger partial charge in [-0.05, 0) is 36.7 Å². The molecule has 0 spiro atoms. The monoisotopic (exact) mass is 184 g/mol. The van der Waals surface area contributed by atoms with Crippen LogP contribution in [0, 0.1) is 0 Å². The number of phenols is 1. The molecule has 0 amide bonds. The molecule has 1 rings (SSSR count). The number of aromatic hydroxyl groups is 1. The third-order valence-electron chi connectivity index (χ3n) is 1.70. The summed E-state index contributed by atoms with van der Waals surface area (Å²) in [6.45, 7) is 0. The Morgan fingerprint density at radius 1 is 1.42 bits per heavy atom. The highest BCUT2D eigenvalue weighted by Crippen LogP contribution is 2.13. The van der Waals surface area contributed by atoms with Crippen LogP contribution in [0.1, 0.15) is 12.0 Å². The van der Waals surface area contributed by atoms with Gasteiger partial charge in [0.25, 0.3) is 0 Å². The normalized spacial score (nSPS) is 11.0. The number of rotatable bonds is 4. The molecular formula is C9H13O2P. The molecule has 1 aromatic rings. The van der Waals surface area contributed by atoms with Gasteiger partial charge < -0.3 is 9.67 Å². The van der Waals surface area contributed by atoms with Crippen LogP contribution >= 0.6 is 8.46 Å². The van der Waals surface area contributed by atoms with E-state index in [0.717, 1.165) is 24.6 Å². The van der Waals surface area contributed by atoms with Gasteiger partial charge in [-0.25, -0.2) is 0 Å². The first kappa shape index (κ1) is 9.34. The van der Waals surface area contributed by atoms with E-state index in [-0.39, 0.29) is 0 Å². The van der Waals surface area contributed by atoms with Crippen LogP contribution in [-0.4, -0.2) is 11.3 Å². The van der Waals surface area contributed by atoms with Gasteiger partial charge in [0, 0.05) is 0 Å². The number of hydrogen-bond acceptors (Lipinski definition) is 2. The molecule has 12 heavy (non-hydrogen) atoms. The summed E-state index contributed by atoms with van der Waals surface area (Å²) in [7, 11) is -0.615. The van der Waals surface area contributed by atoms with E-state index >= 15 is 0 Å². The van der Waals surface area contributed by atoms with Crippen LogP contribution < -0.4 is 0 Å². The molecule has 0 aliphatic rings. The first-order valence-corrected chi connectivity index (χ1v) is 5.33. The van der Waals surface area contributed by atoms with E-state index in [0.29, 0.717) is 5.75 Å². The SMILES string of the molecule is O=[PH2]CCCc1cccc(O)c1. The van der Waals surface area contributed by atoms with Gasteiger partial charge >= 0.3 is 0 Å². The van der Waals surface area contributed by atoms with Crippen molar-refractivity contribution in [1.29, 1.82) is 0 Å². The summed E-state index contributed by atoms with van der Waals surface area (Å²) in [5.41, 5.74) is 1.11. The Morgan fingerprint density at radius 3 is 2.92 bits per heavy atom. The predicted octanol–water partition coefficient (Wildman–Crippen LogP) is 2.08. The minimum absolute atomic E-state index is 0.307. The predicted molar refractivity (Wildman–Crippen MR) is 51.7 cm³/mol. The minimum Gasteiger partial charge on any atom is -0.508 e. The standard InChI is InChI=1S/C9H13O2P/c10-9-5-1-3-8(7-9)4-2-6-12-11/h1,3,5,7,10H,2,4,6,12H2. The van der Waals surface area contributed by atoms with Gasteiger partial charge in [-0.3, -0.25) is 0 Å². The van der Waals surface area contributed by atoms with E-state index in [1.165, 1.54) is 0 Å². The fourth-order valence-electron chi connectivity index (χ4n) is 1.10. The zero-order valence-electron chi connectivity index (χ0n) is 6.86. The molecule has 0 saturated heterocycles. The lowest BCUT2D eigenvalue weighted by molar-refractivity contribution is 0.474. The van der Waals surface area contributed by atoms with Gasteiger partial charge in [-0.1, -0.05) is 12.1 Å². The summed E-state index contributed by atoms with van der Waals surface area (Å²) in [6.07, 6.45) is 2.65. The highest BCUT2D eigenvalue weighted by Gasteiger charge is 1.93. The van der Waals surface area contributed by atoms with Crippen molar-refractivity contribution in [3.8, 4) is 5.75 Å². The molecule has 0 heterocycles.